The van der Waals surface area contributed by atoms with Crippen LogP contribution in [-0.4, -0.2) is 4.98 Å². The summed E-state index contributed by atoms with van der Waals surface area (Å²) in [5.74, 6) is 0.485. The van der Waals surface area contributed by atoms with Crippen LogP contribution in [0.4, 0.5) is 5.69 Å². The van der Waals surface area contributed by atoms with Crippen molar-refractivity contribution in [2.45, 2.75) is 26.7 Å². The highest BCUT2D eigenvalue weighted by Crippen LogP contribution is 2.33. The molecule has 2 rings (SSSR count). The summed E-state index contributed by atoms with van der Waals surface area (Å²) in [6.45, 7) is 6.39. The van der Waals surface area contributed by atoms with E-state index in [4.69, 9.17) is 5.73 Å². The molecule has 1 heterocycles. The van der Waals surface area contributed by atoms with Crippen molar-refractivity contribution < 1.29 is 0 Å². The Labute approximate surface area is 100 Å². The summed E-state index contributed by atoms with van der Waals surface area (Å²) in [4.78, 5) is 5.83. The van der Waals surface area contributed by atoms with E-state index < -0.39 is 0 Å². The van der Waals surface area contributed by atoms with E-state index in [2.05, 4.69) is 31.8 Å². The Bertz CT molecular complexity index is 500. The number of anilines is 1. The summed E-state index contributed by atoms with van der Waals surface area (Å²) in [6.07, 6.45) is 0. The van der Waals surface area contributed by atoms with E-state index in [0.717, 1.165) is 11.4 Å². The maximum absolute atomic E-state index is 5.80. The van der Waals surface area contributed by atoms with E-state index in [9.17, 15) is 0 Å². The molecule has 0 unspecified atom stereocenters. The number of nitrogens with two attached hydrogens (primary N) is 1. The van der Waals surface area contributed by atoms with Crippen molar-refractivity contribution >= 4 is 17.0 Å². The zero-order chi connectivity index (χ0) is 11.7. The lowest BCUT2D eigenvalue weighted by Gasteiger charge is -1.99. The Morgan fingerprint density at radius 1 is 1.31 bits per heavy atom. The first-order chi connectivity index (χ1) is 7.58. The number of hydrogen-bond donors (Lipinski definition) is 1. The summed E-state index contributed by atoms with van der Waals surface area (Å²) in [6, 6.07) is 7.98. The van der Waals surface area contributed by atoms with Crippen molar-refractivity contribution in [3.8, 4) is 10.4 Å². The van der Waals surface area contributed by atoms with E-state index >= 15 is 0 Å². The van der Waals surface area contributed by atoms with Gasteiger partial charge in [-0.1, -0.05) is 26.0 Å². The van der Waals surface area contributed by atoms with Gasteiger partial charge in [-0.25, -0.2) is 4.98 Å². The number of nitrogen functional groups attached to an aromatic ring is 1. The Morgan fingerprint density at radius 2 is 2.06 bits per heavy atom. The molecule has 1 aromatic carbocycles. The van der Waals surface area contributed by atoms with Gasteiger partial charge in [0.05, 0.1) is 15.6 Å². The number of nitrogens with zero attached hydrogens (tertiary/aromatic N) is 1. The van der Waals surface area contributed by atoms with E-state index in [1.807, 2.05) is 18.2 Å². The lowest BCUT2D eigenvalue weighted by atomic mass is 10.1. The summed E-state index contributed by atoms with van der Waals surface area (Å²) in [5.41, 5.74) is 8.86. The minimum Gasteiger partial charge on any atom is -0.399 e. The van der Waals surface area contributed by atoms with Gasteiger partial charge in [0.2, 0.25) is 0 Å². The number of hydrogen-bond acceptors (Lipinski definition) is 3. The van der Waals surface area contributed by atoms with Crippen LogP contribution < -0.4 is 5.73 Å². The van der Waals surface area contributed by atoms with Crippen molar-refractivity contribution in [1.82, 2.24) is 4.98 Å². The molecule has 2 nitrogen and oxygen atoms in total. The average molecular weight is 232 g/mol. The van der Waals surface area contributed by atoms with Crippen LogP contribution in [0.3, 0.4) is 0 Å². The highest BCUT2D eigenvalue weighted by molar-refractivity contribution is 7.15. The Balaban J connectivity index is 2.48. The third kappa shape index (κ3) is 2.09. The molecule has 2 N–H and O–H groups in total. The standard InChI is InChI=1S/C13H16N2S/c1-8(2)13-15-9(3)12(16-13)10-5-4-6-11(14)7-10/h4-8H,14H2,1-3H3. The second-order valence-electron chi connectivity index (χ2n) is 4.25. The Kier molecular flexibility index (Phi) is 2.97. The van der Waals surface area contributed by atoms with Crippen LogP contribution >= 0.6 is 11.3 Å². The van der Waals surface area contributed by atoms with E-state index in [0.29, 0.717) is 5.92 Å². The topological polar surface area (TPSA) is 38.9 Å². The zero-order valence-electron chi connectivity index (χ0n) is 9.82. The molecule has 0 saturated heterocycles. The van der Waals surface area contributed by atoms with Crippen molar-refractivity contribution in [3.63, 3.8) is 0 Å². The third-order valence-electron chi connectivity index (χ3n) is 2.46. The van der Waals surface area contributed by atoms with Gasteiger partial charge in [-0.3, -0.25) is 0 Å². The normalized spacial score (nSPS) is 11.0. The fourth-order valence-corrected chi connectivity index (χ4v) is 2.68. The molecule has 0 saturated carbocycles. The monoisotopic (exact) mass is 232 g/mol. The predicted octanol–water partition coefficient (Wildman–Crippen LogP) is 3.82. The van der Waals surface area contributed by atoms with Crippen molar-refractivity contribution in [3.05, 3.63) is 35.0 Å². The third-order valence-corrected chi connectivity index (χ3v) is 3.96. The van der Waals surface area contributed by atoms with Crippen LogP contribution in [0.25, 0.3) is 10.4 Å². The second-order valence-corrected chi connectivity index (χ2v) is 5.28. The zero-order valence-corrected chi connectivity index (χ0v) is 10.6. The fraction of sp³-hybridized carbons (Fsp3) is 0.308. The van der Waals surface area contributed by atoms with Crippen LogP contribution in [0.2, 0.25) is 0 Å². The number of thiazole rings is 1. The van der Waals surface area contributed by atoms with Gasteiger partial charge in [-0.2, -0.15) is 0 Å². The van der Waals surface area contributed by atoms with Crippen LogP contribution in [0, 0.1) is 6.92 Å². The molecule has 0 atom stereocenters. The number of rotatable bonds is 2. The molecule has 1 aromatic heterocycles. The van der Waals surface area contributed by atoms with Gasteiger partial charge in [-0.15, -0.1) is 11.3 Å². The maximum Gasteiger partial charge on any atom is 0.0959 e. The highest BCUT2D eigenvalue weighted by atomic mass is 32.1. The molecule has 0 aliphatic carbocycles. The van der Waals surface area contributed by atoms with Crippen molar-refractivity contribution in [1.29, 1.82) is 0 Å². The lowest BCUT2D eigenvalue weighted by molar-refractivity contribution is 0.847. The molecule has 16 heavy (non-hydrogen) atoms. The summed E-state index contributed by atoms with van der Waals surface area (Å²) >= 11 is 1.76. The van der Waals surface area contributed by atoms with E-state index in [1.165, 1.54) is 15.4 Å². The maximum atomic E-state index is 5.80. The summed E-state index contributed by atoms with van der Waals surface area (Å²) in [5, 5.41) is 1.19. The summed E-state index contributed by atoms with van der Waals surface area (Å²) in [7, 11) is 0. The molecule has 84 valence electrons. The molecule has 0 amide bonds. The van der Waals surface area contributed by atoms with E-state index in [1.54, 1.807) is 11.3 Å². The minimum atomic E-state index is 0.485. The average Bonchev–Trinajstić information content (AvgIpc) is 2.60. The molecule has 2 aromatic rings. The van der Waals surface area contributed by atoms with Crippen molar-refractivity contribution in [2.24, 2.45) is 0 Å². The first-order valence-corrected chi connectivity index (χ1v) is 6.23. The van der Waals surface area contributed by atoms with Gasteiger partial charge in [0.1, 0.15) is 0 Å². The number of aryl methyl sites for hydroxylation is 1. The first-order valence-electron chi connectivity index (χ1n) is 5.41. The Morgan fingerprint density at radius 3 is 2.62 bits per heavy atom. The molecule has 3 heteroatoms. The number of aromatic nitrogens is 1. The van der Waals surface area contributed by atoms with Crippen molar-refractivity contribution in [2.75, 3.05) is 5.73 Å². The highest BCUT2D eigenvalue weighted by Gasteiger charge is 2.11. The molecule has 0 fully saturated rings. The summed E-state index contributed by atoms with van der Waals surface area (Å²) < 4.78 is 0. The molecular weight excluding hydrogens is 216 g/mol. The van der Waals surface area contributed by atoms with Gasteiger partial charge in [0, 0.05) is 11.6 Å². The minimum absolute atomic E-state index is 0.485. The first kappa shape index (κ1) is 11.1. The second kappa shape index (κ2) is 4.26. The smallest absolute Gasteiger partial charge is 0.0959 e. The predicted molar refractivity (Wildman–Crippen MR) is 70.8 cm³/mol. The van der Waals surface area contributed by atoms with Gasteiger partial charge in [0.25, 0.3) is 0 Å². The lowest BCUT2D eigenvalue weighted by Crippen LogP contribution is -1.85. The molecule has 0 aliphatic heterocycles. The van der Waals surface area contributed by atoms with E-state index in [-0.39, 0.29) is 0 Å². The molecule has 0 radical (unpaired) electrons. The quantitative estimate of drug-likeness (QED) is 0.799. The van der Waals surface area contributed by atoms with Gasteiger partial charge >= 0.3 is 0 Å². The van der Waals surface area contributed by atoms with Crippen LogP contribution in [-0.2, 0) is 0 Å². The Hall–Kier alpha value is -1.35. The van der Waals surface area contributed by atoms with Crippen LogP contribution in [0.1, 0.15) is 30.5 Å². The fourth-order valence-electron chi connectivity index (χ4n) is 1.61. The molecule has 0 aliphatic rings. The largest absolute Gasteiger partial charge is 0.399 e. The van der Waals surface area contributed by atoms with Gasteiger partial charge in [-0.05, 0) is 24.6 Å². The molecule has 0 bridgehead atoms. The SMILES string of the molecule is Cc1nc(C(C)C)sc1-c1cccc(N)c1. The molecular formula is C13H16N2S. The molecule has 0 spiro atoms. The van der Waals surface area contributed by atoms with Crippen LogP contribution in [0.5, 0.6) is 0 Å². The number of benzene rings is 1. The van der Waals surface area contributed by atoms with Crippen LogP contribution in [0.15, 0.2) is 24.3 Å². The van der Waals surface area contributed by atoms with Gasteiger partial charge < -0.3 is 5.73 Å². The van der Waals surface area contributed by atoms with Gasteiger partial charge in [0.15, 0.2) is 0 Å².